The zero-order valence-electron chi connectivity index (χ0n) is 23.7. The van der Waals surface area contributed by atoms with Crippen LogP contribution in [0.3, 0.4) is 0 Å². The number of nitrogens with zero attached hydrogens (tertiary/aromatic N) is 3. The summed E-state index contributed by atoms with van der Waals surface area (Å²) in [6, 6.07) is 7.16. The van der Waals surface area contributed by atoms with E-state index in [4.69, 9.17) is 9.47 Å². The van der Waals surface area contributed by atoms with Gasteiger partial charge >= 0.3 is 6.09 Å². The van der Waals surface area contributed by atoms with Crippen molar-refractivity contribution >= 4 is 11.8 Å². The highest BCUT2D eigenvalue weighted by atomic mass is 19.1. The second-order valence-corrected chi connectivity index (χ2v) is 10.8. The van der Waals surface area contributed by atoms with Crippen LogP contribution in [-0.2, 0) is 16.0 Å². The van der Waals surface area contributed by atoms with Gasteiger partial charge in [-0.05, 0) is 56.5 Å². The zero-order valence-corrected chi connectivity index (χ0v) is 23.7. The standard InChI is InChI=1S/C31H35F3N4O4/c1-3-4-15-41-30(39)38-14-6-12-31(40)19(2)42-26(16-27(31)38)21-11-13-35-18-25(21)36-17-20-9-10-24(34)29(37-20)28-22(32)7-5-8-23(28)33/h5,7-11,13,18-19,26-27,36,40H,3-4,6,12,14-17H2,1-2H3. The lowest BCUT2D eigenvalue weighted by molar-refractivity contribution is -0.217. The van der Waals surface area contributed by atoms with Gasteiger partial charge < -0.3 is 24.8 Å². The molecule has 4 unspecified atom stereocenters. The fraction of sp³-hybridized carbons (Fsp3) is 0.452. The van der Waals surface area contributed by atoms with Crippen molar-refractivity contribution in [3.05, 3.63) is 77.5 Å². The number of aliphatic hydroxyl groups is 1. The smallest absolute Gasteiger partial charge is 0.410 e. The highest BCUT2D eigenvalue weighted by Crippen LogP contribution is 2.45. The average molecular weight is 585 g/mol. The van der Waals surface area contributed by atoms with Gasteiger partial charge in [0.2, 0.25) is 0 Å². The molecule has 5 rings (SSSR count). The summed E-state index contributed by atoms with van der Waals surface area (Å²) in [6.07, 6.45) is 4.92. The van der Waals surface area contributed by atoms with Gasteiger partial charge in [-0.3, -0.25) is 4.98 Å². The van der Waals surface area contributed by atoms with Crippen LogP contribution in [0.15, 0.2) is 48.8 Å². The predicted octanol–water partition coefficient (Wildman–Crippen LogP) is 6.16. The molecule has 0 radical (unpaired) electrons. The van der Waals surface area contributed by atoms with Gasteiger partial charge in [0.25, 0.3) is 0 Å². The Labute approximate surface area is 242 Å². The lowest BCUT2D eigenvalue weighted by atomic mass is 9.75. The van der Waals surface area contributed by atoms with Gasteiger partial charge in [0, 0.05) is 24.7 Å². The molecule has 0 aliphatic carbocycles. The number of hydrogen-bond donors (Lipinski definition) is 2. The molecular weight excluding hydrogens is 549 g/mol. The van der Waals surface area contributed by atoms with E-state index in [-0.39, 0.29) is 6.54 Å². The van der Waals surface area contributed by atoms with Crippen molar-refractivity contribution in [3.8, 4) is 11.3 Å². The highest BCUT2D eigenvalue weighted by Gasteiger charge is 2.54. The second kappa shape index (κ2) is 12.7. The number of aromatic nitrogens is 2. The molecule has 0 bridgehead atoms. The number of ether oxygens (including phenoxy) is 2. The number of pyridine rings is 2. The van der Waals surface area contributed by atoms with Gasteiger partial charge in [-0.2, -0.15) is 0 Å². The minimum Gasteiger partial charge on any atom is -0.449 e. The number of hydrogen-bond acceptors (Lipinski definition) is 7. The first kappa shape index (κ1) is 29.8. The number of fused-ring (bicyclic) bond motifs is 1. The fourth-order valence-electron chi connectivity index (χ4n) is 5.86. The van der Waals surface area contributed by atoms with E-state index < -0.39 is 58.7 Å². The molecule has 3 aromatic rings. The summed E-state index contributed by atoms with van der Waals surface area (Å²) in [6.45, 7) is 4.75. The van der Waals surface area contributed by atoms with Gasteiger partial charge in [-0.15, -0.1) is 0 Å². The monoisotopic (exact) mass is 584 g/mol. The van der Waals surface area contributed by atoms with E-state index in [1.165, 1.54) is 12.1 Å². The maximum Gasteiger partial charge on any atom is 0.410 e. The Morgan fingerprint density at radius 3 is 2.74 bits per heavy atom. The Hall–Kier alpha value is -3.70. The van der Waals surface area contributed by atoms with Crippen molar-refractivity contribution in [2.75, 3.05) is 18.5 Å². The molecule has 2 aromatic heterocycles. The number of anilines is 1. The van der Waals surface area contributed by atoms with Crippen molar-refractivity contribution < 1.29 is 32.5 Å². The Morgan fingerprint density at radius 2 is 1.98 bits per heavy atom. The fourth-order valence-corrected chi connectivity index (χ4v) is 5.86. The number of rotatable bonds is 8. The van der Waals surface area contributed by atoms with E-state index in [1.807, 2.05) is 13.8 Å². The summed E-state index contributed by atoms with van der Waals surface area (Å²) in [5, 5.41) is 14.9. The van der Waals surface area contributed by atoms with Crippen LogP contribution < -0.4 is 5.32 Å². The summed E-state index contributed by atoms with van der Waals surface area (Å²) in [7, 11) is 0. The number of piperidine rings is 1. The molecule has 8 nitrogen and oxygen atoms in total. The van der Waals surface area contributed by atoms with Crippen molar-refractivity contribution in [2.24, 2.45) is 0 Å². The normalized spacial score (nSPS) is 23.8. The molecule has 2 fully saturated rings. The topological polar surface area (TPSA) is 96.8 Å². The summed E-state index contributed by atoms with van der Waals surface area (Å²) >= 11 is 0. The Kier molecular flexibility index (Phi) is 8.98. The van der Waals surface area contributed by atoms with Crippen LogP contribution in [0.5, 0.6) is 0 Å². The second-order valence-electron chi connectivity index (χ2n) is 10.8. The lowest BCUT2D eigenvalue weighted by Crippen LogP contribution is -2.66. The molecule has 42 heavy (non-hydrogen) atoms. The first-order chi connectivity index (χ1) is 20.2. The third-order valence-corrected chi connectivity index (χ3v) is 8.16. The number of benzene rings is 1. The first-order valence-electron chi connectivity index (χ1n) is 14.3. The quantitative estimate of drug-likeness (QED) is 0.307. The highest BCUT2D eigenvalue weighted by molar-refractivity contribution is 5.68. The molecule has 224 valence electrons. The number of nitrogens with one attached hydrogen (secondary N) is 1. The van der Waals surface area contributed by atoms with Gasteiger partial charge in [-0.1, -0.05) is 19.4 Å². The molecule has 2 N–H and O–H groups in total. The number of carbonyl (C=O) groups is 1. The van der Waals surface area contributed by atoms with Crippen LogP contribution in [0.2, 0.25) is 0 Å². The van der Waals surface area contributed by atoms with Crippen LogP contribution in [0.4, 0.5) is 23.7 Å². The summed E-state index contributed by atoms with van der Waals surface area (Å²) in [5.74, 6) is -2.65. The SMILES string of the molecule is CCCCOC(=O)N1CCCC2(O)C(C)OC(c3ccncc3NCc3ccc(F)c(-c4c(F)cccc4F)n3)CC12. The molecule has 0 spiro atoms. The largest absolute Gasteiger partial charge is 0.449 e. The summed E-state index contributed by atoms with van der Waals surface area (Å²) < 4.78 is 55.1. The Bertz CT molecular complexity index is 1410. The maximum absolute atomic E-state index is 14.6. The third-order valence-electron chi connectivity index (χ3n) is 8.16. The molecule has 1 aromatic carbocycles. The van der Waals surface area contributed by atoms with Crippen molar-refractivity contribution in [2.45, 2.75) is 76.3 Å². The van der Waals surface area contributed by atoms with Gasteiger partial charge in [-0.25, -0.2) is 22.9 Å². The average Bonchev–Trinajstić information content (AvgIpc) is 2.97. The van der Waals surface area contributed by atoms with Crippen molar-refractivity contribution in [1.29, 1.82) is 0 Å². The van der Waals surface area contributed by atoms with E-state index in [0.29, 0.717) is 43.8 Å². The molecule has 4 heterocycles. The lowest BCUT2D eigenvalue weighted by Gasteiger charge is -2.53. The van der Waals surface area contributed by atoms with Crippen LogP contribution in [-0.4, -0.2) is 57.0 Å². The molecule has 1 amide bonds. The van der Waals surface area contributed by atoms with E-state index in [1.54, 1.807) is 23.4 Å². The van der Waals surface area contributed by atoms with E-state index in [2.05, 4.69) is 15.3 Å². The van der Waals surface area contributed by atoms with E-state index in [9.17, 15) is 23.1 Å². The number of amides is 1. The minimum atomic E-state index is -1.21. The Morgan fingerprint density at radius 1 is 1.19 bits per heavy atom. The third kappa shape index (κ3) is 5.94. The molecule has 4 atom stereocenters. The molecule has 11 heteroatoms. The van der Waals surface area contributed by atoms with Crippen LogP contribution in [0, 0.1) is 17.5 Å². The molecule has 2 aliphatic rings. The van der Waals surface area contributed by atoms with E-state index in [0.717, 1.165) is 36.6 Å². The molecular formula is C31H35F3N4O4. The first-order valence-corrected chi connectivity index (χ1v) is 14.3. The molecule has 2 saturated heterocycles. The van der Waals surface area contributed by atoms with Gasteiger partial charge in [0.05, 0.1) is 54.5 Å². The predicted molar refractivity (Wildman–Crippen MR) is 150 cm³/mol. The van der Waals surface area contributed by atoms with Crippen LogP contribution in [0.25, 0.3) is 11.3 Å². The number of unbranched alkanes of at least 4 members (excludes halogenated alkanes) is 1. The van der Waals surface area contributed by atoms with Gasteiger partial charge in [0.15, 0.2) is 0 Å². The molecule has 2 aliphatic heterocycles. The number of halogens is 3. The van der Waals surface area contributed by atoms with Gasteiger partial charge in [0.1, 0.15) is 28.7 Å². The number of likely N-dealkylation sites (tertiary alicyclic amines) is 1. The Balaban J connectivity index is 1.36. The van der Waals surface area contributed by atoms with Crippen molar-refractivity contribution in [1.82, 2.24) is 14.9 Å². The number of carbonyl (C=O) groups excluding carboxylic acids is 1. The maximum atomic E-state index is 14.6. The zero-order chi connectivity index (χ0) is 29.9. The summed E-state index contributed by atoms with van der Waals surface area (Å²) in [5.41, 5.74) is -0.437. The minimum absolute atomic E-state index is 0.105. The summed E-state index contributed by atoms with van der Waals surface area (Å²) in [4.78, 5) is 23.0. The van der Waals surface area contributed by atoms with E-state index >= 15 is 0 Å². The molecule has 0 saturated carbocycles. The van der Waals surface area contributed by atoms with Crippen molar-refractivity contribution in [3.63, 3.8) is 0 Å². The van der Waals surface area contributed by atoms with Crippen LogP contribution >= 0.6 is 0 Å². The van der Waals surface area contributed by atoms with Crippen LogP contribution in [0.1, 0.15) is 63.3 Å².